The van der Waals surface area contributed by atoms with E-state index in [2.05, 4.69) is 20.7 Å². The van der Waals surface area contributed by atoms with Crippen molar-refractivity contribution in [3.05, 3.63) is 47.5 Å². The van der Waals surface area contributed by atoms with E-state index in [0.717, 1.165) is 5.56 Å². The van der Waals surface area contributed by atoms with Crippen LogP contribution < -0.4 is 14.8 Å². The van der Waals surface area contributed by atoms with E-state index in [0.29, 0.717) is 34.5 Å². The van der Waals surface area contributed by atoms with Crippen LogP contribution in [0, 0.1) is 0 Å². The fraction of sp³-hybridized carbons (Fsp3) is 0.263. The number of methoxy groups -OCH3 is 2. The molecule has 146 valence electrons. The molecule has 1 aromatic heterocycles. The Balaban J connectivity index is 1.78. The molecule has 0 bridgehead atoms. The van der Waals surface area contributed by atoms with Gasteiger partial charge in [0, 0.05) is 22.3 Å². The highest BCUT2D eigenvalue weighted by Gasteiger charge is 2.22. The summed E-state index contributed by atoms with van der Waals surface area (Å²) in [4.78, 5) is 14.1. The van der Waals surface area contributed by atoms with Crippen molar-refractivity contribution >= 4 is 23.2 Å². The van der Waals surface area contributed by atoms with Gasteiger partial charge in [-0.15, -0.1) is 10.2 Å². The summed E-state index contributed by atoms with van der Waals surface area (Å²) in [7, 11) is 3.09. The molecule has 8 nitrogen and oxygen atoms in total. The third kappa shape index (κ3) is 4.23. The van der Waals surface area contributed by atoms with Crippen LogP contribution in [0.1, 0.15) is 19.4 Å². The number of carbonyl (C=O) groups excluding carboxylic acids is 1. The van der Waals surface area contributed by atoms with Gasteiger partial charge in [0.15, 0.2) is 17.5 Å². The van der Waals surface area contributed by atoms with Crippen LogP contribution in [-0.4, -0.2) is 40.3 Å². The second kappa shape index (κ2) is 8.71. The highest BCUT2D eigenvalue weighted by atomic mass is 35.5. The van der Waals surface area contributed by atoms with Crippen LogP contribution in [0.3, 0.4) is 0 Å². The Morgan fingerprint density at radius 3 is 2.50 bits per heavy atom. The molecular formula is C19H20ClN5O3. The standard InChI is InChI=1S/C19H20ClN5O3/c1-4-15(19(26)21-14-9-10-16(27-2)17(11-14)28-3)25-23-18(22-24-25)12-5-7-13(20)8-6-12/h5-11,15H,4H2,1-3H3,(H,21,26)/t15-/m0/s1. The molecule has 1 amide bonds. The first-order chi connectivity index (χ1) is 13.5. The topological polar surface area (TPSA) is 91.2 Å². The number of nitrogens with zero attached hydrogens (tertiary/aromatic N) is 4. The zero-order valence-corrected chi connectivity index (χ0v) is 16.5. The van der Waals surface area contributed by atoms with Gasteiger partial charge in [-0.1, -0.05) is 18.5 Å². The summed E-state index contributed by atoms with van der Waals surface area (Å²) in [6, 6.07) is 11.6. The lowest BCUT2D eigenvalue weighted by molar-refractivity contribution is -0.119. The molecule has 0 saturated carbocycles. The number of tetrazole rings is 1. The number of hydrogen-bond donors (Lipinski definition) is 1. The van der Waals surface area contributed by atoms with Crippen molar-refractivity contribution in [3.63, 3.8) is 0 Å². The van der Waals surface area contributed by atoms with E-state index in [1.807, 2.05) is 6.92 Å². The van der Waals surface area contributed by atoms with Gasteiger partial charge in [-0.05, 0) is 48.0 Å². The Morgan fingerprint density at radius 2 is 1.86 bits per heavy atom. The van der Waals surface area contributed by atoms with Gasteiger partial charge < -0.3 is 14.8 Å². The van der Waals surface area contributed by atoms with Gasteiger partial charge in [0.05, 0.1) is 14.2 Å². The van der Waals surface area contributed by atoms with Crippen molar-refractivity contribution in [2.75, 3.05) is 19.5 Å². The van der Waals surface area contributed by atoms with Crippen LogP contribution in [-0.2, 0) is 4.79 Å². The van der Waals surface area contributed by atoms with Crippen molar-refractivity contribution in [2.24, 2.45) is 0 Å². The second-order valence-electron chi connectivity index (χ2n) is 5.92. The van der Waals surface area contributed by atoms with Crippen LogP contribution in [0.4, 0.5) is 5.69 Å². The largest absolute Gasteiger partial charge is 0.493 e. The third-order valence-corrected chi connectivity index (χ3v) is 4.40. The Bertz CT molecular complexity index is 958. The maximum atomic E-state index is 12.8. The summed E-state index contributed by atoms with van der Waals surface area (Å²) in [5, 5.41) is 15.9. The Kier molecular flexibility index (Phi) is 6.10. The monoisotopic (exact) mass is 401 g/mol. The molecule has 3 rings (SSSR count). The second-order valence-corrected chi connectivity index (χ2v) is 6.36. The normalized spacial score (nSPS) is 11.7. The molecule has 1 heterocycles. The van der Waals surface area contributed by atoms with E-state index in [1.54, 1.807) is 49.6 Å². The molecule has 0 aliphatic rings. The van der Waals surface area contributed by atoms with Crippen molar-refractivity contribution in [3.8, 4) is 22.9 Å². The quantitative estimate of drug-likeness (QED) is 0.650. The first-order valence-corrected chi connectivity index (χ1v) is 9.01. The molecule has 1 N–H and O–H groups in total. The SMILES string of the molecule is CC[C@@H](C(=O)Nc1ccc(OC)c(OC)c1)n1nnc(-c2ccc(Cl)cc2)n1. The maximum absolute atomic E-state index is 12.8. The summed E-state index contributed by atoms with van der Waals surface area (Å²) < 4.78 is 10.5. The van der Waals surface area contributed by atoms with Gasteiger partial charge in [0.1, 0.15) is 0 Å². The van der Waals surface area contributed by atoms with E-state index in [9.17, 15) is 4.79 Å². The van der Waals surface area contributed by atoms with Gasteiger partial charge >= 0.3 is 0 Å². The number of anilines is 1. The van der Waals surface area contributed by atoms with Crippen molar-refractivity contribution in [1.82, 2.24) is 20.2 Å². The summed E-state index contributed by atoms with van der Waals surface area (Å²) in [5.74, 6) is 1.28. The molecule has 3 aromatic rings. The molecule has 9 heteroatoms. The van der Waals surface area contributed by atoms with E-state index in [4.69, 9.17) is 21.1 Å². The average Bonchev–Trinajstić information content (AvgIpc) is 3.18. The van der Waals surface area contributed by atoms with E-state index in [-0.39, 0.29) is 5.91 Å². The number of amides is 1. The predicted octanol–water partition coefficient (Wildman–Crippen LogP) is 3.60. The van der Waals surface area contributed by atoms with Crippen LogP contribution in [0.5, 0.6) is 11.5 Å². The third-order valence-electron chi connectivity index (χ3n) is 4.15. The van der Waals surface area contributed by atoms with Crippen LogP contribution >= 0.6 is 11.6 Å². The minimum atomic E-state index is -0.610. The van der Waals surface area contributed by atoms with Gasteiger partial charge in [-0.3, -0.25) is 4.79 Å². The van der Waals surface area contributed by atoms with E-state index < -0.39 is 6.04 Å². The van der Waals surface area contributed by atoms with Crippen molar-refractivity contribution in [1.29, 1.82) is 0 Å². The Labute approximate surface area is 167 Å². The number of hydrogen-bond acceptors (Lipinski definition) is 6. The zero-order chi connectivity index (χ0) is 20.1. The highest BCUT2D eigenvalue weighted by Crippen LogP contribution is 2.30. The minimum Gasteiger partial charge on any atom is -0.493 e. The Morgan fingerprint density at radius 1 is 1.14 bits per heavy atom. The first kappa shape index (κ1) is 19.6. The molecule has 0 unspecified atom stereocenters. The molecule has 28 heavy (non-hydrogen) atoms. The summed E-state index contributed by atoms with van der Waals surface area (Å²) in [6.07, 6.45) is 0.496. The number of benzene rings is 2. The number of carbonyl (C=O) groups is 1. The van der Waals surface area contributed by atoms with Gasteiger partial charge in [-0.2, -0.15) is 4.80 Å². The molecule has 0 aliphatic heterocycles. The van der Waals surface area contributed by atoms with Crippen molar-refractivity contribution in [2.45, 2.75) is 19.4 Å². The molecule has 1 atom stereocenters. The summed E-state index contributed by atoms with van der Waals surface area (Å²) in [6.45, 7) is 1.88. The van der Waals surface area contributed by atoms with Gasteiger partial charge in [-0.25, -0.2) is 0 Å². The average molecular weight is 402 g/mol. The molecule has 2 aromatic carbocycles. The van der Waals surface area contributed by atoms with Gasteiger partial charge in [0.25, 0.3) is 5.91 Å². The zero-order valence-electron chi connectivity index (χ0n) is 15.7. The lowest BCUT2D eigenvalue weighted by Crippen LogP contribution is -2.27. The fourth-order valence-electron chi connectivity index (χ4n) is 2.66. The molecule has 0 radical (unpaired) electrons. The van der Waals surface area contributed by atoms with Crippen LogP contribution in [0.15, 0.2) is 42.5 Å². The van der Waals surface area contributed by atoms with Crippen molar-refractivity contribution < 1.29 is 14.3 Å². The lowest BCUT2D eigenvalue weighted by Gasteiger charge is -2.15. The number of rotatable bonds is 7. The molecule has 0 aliphatic carbocycles. The van der Waals surface area contributed by atoms with E-state index >= 15 is 0 Å². The van der Waals surface area contributed by atoms with E-state index in [1.165, 1.54) is 11.9 Å². The maximum Gasteiger partial charge on any atom is 0.251 e. The number of ether oxygens (including phenoxy) is 2. The minimum absolute atomic E-state index is 0.255. The first-order valence-electron chi connectivity index (χ1n) is 8.64. The number of nitrogens with one attached hydrogen (secondary N) is 1. The highest BCUT2D eigenvalue weighted by molar-refractivity contribution is 6.30. The molecule has 0 saturated heterocycles. The summed E-state index contributed by atoms with van der Waals surface area (Å²) >= 11 is 5.91. The fourth-order valence-corrected chi connectivity index (χ4v) is 2.79. The number of halogens is 1. The molecule has 0 fully saturated rings. The lowest BCUT2D eigenvalue weighted by atomic mass is 10.2. The molecular weight excluding hydrogens is 382 g/mol. The molecule has 0 spiro atoms. The van der Waals surface area contributed by atoms with Crippen LogP contribution in [0.25, 0.3) is 11.4 Å². The Hall–Kier alpha value is -3.13. The smallest absolute Gasteiger partial charge is 0.251 e. The predicted molar refractivity (Wildman–Crippen MR) is 106 cm³/mol. The number of aromatic nitrogens is 4. The summed E-state index contributed by atoms with van der Waals surface area (Å²) in [5.41, 5.74) is 1.35. The van der Waals surface area contributed by atoms with Gasteiger partial charge in [0.2, 0.25) is 5.82 Å². The van der Waals surface area contributed by atoms with Crippen LogP contribution in [0.2, 0.25) is 5.02 Å².